The molecule has 0 atom stereocenters. The Hall–Kier alpha value is -3.35. The monoisotopic (exact) mass is 373 g/mol. The van der Waals surface area contributed by atoms with Crippen LogP contribution < -0.4 is 4.90 Å². The maximum Gasteiger partial charge on any atom is 0.185 e. The molecule has 1 saturated carbocycles. The fraction of sp³-hybridized carbons (Fsp3) is 0.286. The average molecular weight is 373 g/mol. The number of anilines is 1. The normalized spacial score (nSPS) is 16.6. The summed E-state index contributed by atoms with van der Waals surface area (Å²) in [7, 11) is 0. The van der Waals surface area contributed by atoms with Gasteiger partial charge in [0, 0.05) is 29.8 Å². The van der Waals surface area contributed by atoms with E-state index in [2.05, 4.69) is 27.2 Å². The zero-order valence-electron chi connectivity index (χ0n) is 15.2. The molecule has 7 nitrogen and oxygen atoms in total. The molecular weight excluding hydrogens is 354 g/mol. The number of hydrogen-bond donors (Lipinski definition) is 2. The molecule has 3 heterocycles. The van der Waals surface area contributed by atoms with Gasteiger partial charge in [0.25, 0.3) is 0 Å². The van der Waals surface area contributed by atoms with Crippen molar-refractivity contribution >= 4 is 22.2 Å². The third-order valence-electron chi connectivity index (χ3n) is 5.82. The van der Waals surface area contributed by atoms with Gasteiger partial charge in [0.2, 0.25) is 0 Å². The number of hydrogen-bond acceptors (Lipinski definition) is 6. The van der Waals surface area contributed by atoms with Gasteiger partial charge in [-0.25, -0.2) is 0 Å². The van der Waals surface area contributed by atoms with Gasteiger partial charge < -0.3 is 15.1 Å². The summed E-state index contributed by atoms with van der Waals surface area (Å²) in [6, 6.07) is 11.5. The molecule has 0 radical (unpaired) electrons. The maximum absolute atomic E-state index is 9.92. The molecule has 2 aromatic heterocycles. The summed E-state index contributed by atoms with van der Waals surface area (Å²) in [5, 5.41) is 35.6. The number of rotatable bonds is 2. The van der Waals surface area contributed by atoms with Crippen molar-refractivity contribution in [2.24, 2.45) is 0 Å². The van der Waals surface area contributed by atoms with Crippen LogP contribution in [0.25, 0.3) is 16.4 Å². The first-order chi connectivity index (χ1) is 13.7. The van der Waals surface area contributed by atoms with E-state index in [1.807, 2.05) is 16.6 Å². The molecule has 4 aromatic rings. The van der Waals surface area contributed by atoms with Gasteiger partial charge in [0.15, 0.2) is 28.8 Å². The quantitative estimate of drug-likeness (QED) is 0.525. The lowest BCUT2D eigenvalue weighted by Gasteiger charge is -2.30. The van der Waals surface area contributed by atoms with Crippen LogP contribution in [0.1, 0.15) is 35.7 Å². The Bertz CT molecular complexity index is 1240. The maximum atomic E-state index is 9.92. The number of aromatic hydroxyl groups is 2. The molecule has 2 aliphatic rings. The molecule has 1 fully saturated rings. The van der Waals surface area contributed by atoms with E-state index in [0.717, 1.165) is 65.0 Å². The van der Waals surface area contributed by atoms with Crippen molar-refractivity contribution in [2.75, 3.05) is 11.4 Å². The molecule has 28 heavy (non-hydrogen) atoms. The van der Waals surface area contributed by atoms with Gasteiger partial charge in [-0.3, -0.25) is 0 Å². The van der Waals surface area contributed by atoms with Crippen molar-refractivity contribution in [3.63, 3.8) is 0 Å². The zero-order valence-corrected chi connectivity index (χ0v) is 15.2. The average Bonchev–Trinajstić information content (AvgIpc) is 3.46. The molecule has 2 aromatic carbocycles. The number of phenols is 2. The Morgan fingerprint density at radius 2 is 1.68 bits per heavy atom. The molecule has 0 amide bonds. The minimum atomic E-state index is -0.0799. The highest BCUT2D eigenvalue weighted by molar-refractivity contribution is 6.00. The topological polar surface area (TPSA) is 86.8 Å². The summed E-state index contributed by atoms with van der Waals surface area (Å²) in [5.41, 5.74) is 2.89. The molecule has 0 spiro atoms. The van der Waals surface area contributed by atoms with Crippen LogP contribution in [0.2, 0.25) is 0 Å². The largest absolute Gasteiger partial charge is 0.504 e. The van der Waals surface area contributed by atoms with Crippen molar-refractivity contribution in [2.45, 2.75) is 31.7 Å². The highest BCUT2D eigenvalue weighted by Gasteiger charge is 2.31. The predicted molar refractivity (Wildman–Crippen MR) is 105 cm³/mol. The van der Waals surface area contributed by atoms with Crippen LogP contribution in [0.5, 0.6) is 11.5 Å². The van der Waals surface area contributed by atoms with Gasteiger partial charge in [-0.2, -0.15) is 4.52 Å². The van der Waals surface area contributed by atoms with Crippen molar-refractivity contribution in [3.8, 4) is 11.5 Å². The van der Waals surface area contributed by atoms with Crippen LogP contribution in [0, 0.1) is 0 Å². The van der Waals surface area contributed by atoms with Gasteiger partial charge in [0.05, 0.1) is 0 Å². The van der Waals surface area contributed by atoms with Crippen LogP contribution in [0.15, 0.2) is 36.4 Å². The lowest BCUT2D eigenvalue weighted by molar-refractivity contribution is 0.402. The number of fused-ring (bicyclic) bond motifs is 4. The third-order valence-corrected chi connectivity index (χ3v) is 5.82. The second kappa shape index (κ2) is 5.58. The number of aromatic nitrogens is 4. The van der Waals surface area contributed by atoms with Crippen molar-refractivity contribution < 1.29 is 10.2 Å². The lowest BCUT2D eigenvalue weighted by Crippen LogP contribution is -2.31. The van der Waals surface area contributed by atoms with E-state index < -0.39 is 0 Å². The predicted octanol–water partition coefficient (Wildman–Crippen LogP) is 3.13. The fourth-order valence-corrected chi connectivity index (χ4v) is 4.17. The Morgan fingerprint density at radius 1 is 0.929 bits per heavy atom. The Kier molecular flexibility index (Phi) is 3.12. The van der Waals surface area contributed by atoms with Gasteiger partial charge in [-0.05, 0) is 42.5 Å². The minimum Gasteiger partial charge on any atom is -0.504 e. The smallest absolute Gasteiger partial charge is 0.185 e. The van der Waals surface area contributed by atoms with E-state index in [-0.39, 0.29) is 11.5 Å². The molecule has 140 valence electrons. The Labute approximate surface area is 160 Å². The first-order valence-corrected chi connectivity index (χ1v) is 9.62. The summed E-state index contributed by atoms with van der Waals surface area (Å²) in [6.07, 6.45) is 3.07. The second-order valence-corrected chi connectivity index (χ2v) is 7.72. The van der Waals surface area contributed by atoms with Crippen LogP contribution in [0.3, 0.4) is 0 Å². The van der Waals surface area contributed by atoms with Crippen LogP contribution >= 0.6 is 0 Å². The third kappa shape index (κ3) is 2.25. The highest BCUT2D eigenvalue weighted by atomic mass is 16.3. The highest BCUT2D eigenvalue weighted by Crippen LogP contribution is 2.40. The van der Waals surface area contributed by atoms with E-state index in [1.54, 1.807) is 12.1 Å². The molecule has 1 aliphatic heterocycles. The molecule has 7 heteroatoms. The van der Waals surface area contributed by atoms with Crippen LogP contribution in [-0.4, -0.2) is 36.6 Å². The summed E-state index contributed by atoms with van der Waals surface area (Å²) < 4.78 is 1.92. The van der Waals surface area contributed by atoms with Gasteiger partial charge in [0.1, 0.15) is 0 Å². The number of benzene rings is 2. The second-order valence-electron chi connectivity index (χ2n) is 7.72. The van der Waals surface area contributed by atoms with Crippen molar-refractivity contribution in [3.05, 3.63) is 53.3 Å². The Balaban J connectivity index is 1.53. The van der Waals surface area contributed by atoms with E-state index in [0.29, 0.717) is 12.5 Å². The molecular formula is C21H19N5O2. The minimum absolute atomic E-state index is 0.0595. The SMILES string of the molecule is Oc1cc2c(cc1O)CN(c1nn3c(C4CC4)nnc3c3ccccc13)CC2. The first kappa shape index (κ1) is 15.7. The molecule has 6 rings (SSSR count). The zero-order chi connectivity index (χ0) is 18.8. The summed E-state index contributed by atoms with van der Waals surface area (Å²) in [4.78, 5) is 2.23. The van der Waals surface area contributed by atoms with Gasteiger partial charge in [-0.1, -0.05) is 24.3 Å². The first-order valence-electron chi connectivity index (χ1n) is 9.62. The van der Waals surface area contributed by atoms with Gasteiger partial charge in [-0.15, -0.1) is 15.3 Å². The van der Waals surface area contributed by atoms with Crippen molar-refractivity contribution in [1.82, 2.24) is 19.8 Å². The van der Waals surface area contributed by atoms with Crippen LogP contribution in [0.4, 0.5) is 5.82 Å². The van der Waals surface area contributed by atoms with Crippen LogP contribution in [-0.2, 0) is 13.0 Å². The summed E-state index contributed by atoms with van der Waals surface area (Å²) >= 11 is 0. The number of nitrogens with zero attached hydrogens (tertiary/aromatic N) is 5. The van der Waals surface area contributed by atoms with E-state index in [9.17, 15) is 10.2 Å². The molecule has 0 saturated heterocycles. The van der Waals surface area contributed by atoms with E-state index >= 15 is 0 Å². The standard InChI is InChI=1S/C21H19N5O2/c27-17-9-13-7-8-25(11-14(13)10-18(17)28)21-16-4-2-1-3-15(16)20-23-22-19(12-5-6-12)26(20)24-21/h1-4,9-10,12,27-28H,5-8,11H2. The molecule has 2 N–H and O–H groups in total. The number of phenolic OH excluding ortho intramolecular Hbond substituents is 2. The molecule has 0 unspecified atom stereocenters. The van der Waals surface area contributed by atoms with Crippen molar-refractivity contribution in [1.29, 1.82) is 0 Å². The molecule has 0 bridgehead atoms. The Morgan fingerprint density at radius 3 is 2.46 bits per heavy atom. The van der Waals surface area contributed by atoms with E-state index in [1.165, 1.54) is 0 Å². The summed E-state index contributed by atoms with van der Waals surface area (Å²) in [6.45, 7) is 1.42. The summed E-state index contributed by atoms with van der Waals surface area (Å²) in [5.74, 6) is 2.17. The van der Waals surface area contributed by atoms with E-state index in [4.69, 9.17) is 5.10 Å². The molecule has 1 aliphatic carbocycles. The fourth-order valence-electron chi connectivity index (χ4n) is 4.17. The van der Waals surface area contributed by atoms with Gasteiger partial charge >= 0.3 is 0 Å². The lowest BCUT2D eigenvalue weighted by atomic mass is 9.98.